The molecule has 0 aromatic heterocycles. The van der Waals surface area contributed by atoms with Gasteiger partial charge in [0.2, 0.25) is 0 Å². The summed E-state index contributed by atoms with van der Waals surface area (Å²) in [6.45, 7) is 1.09. The van der Waals surface area contributed by atoms with Gasteiger partial charge in [0.25, 0.3) is 0 Å². The number of ether oxygens (including phenoxy) is 1. The van der Waals surface area contributed by atoms with Gasteiger partial charge in [0, 0.05) is 12.5 Å². The van der Waals surface area contributed by atoms with Crippen LogP contribution in [0, 0.1) is 0 Å². The molecule has 0 saturated carbocycles. The number of Topliss-reactive ketones (excluding diaryl/α,β-unsaturated/α-hetero) is 1. The maximum Gasteiger partial charge on any atom is 0.159 e. The van der Waals surface area contributed by atoms with E-state index in [1.807, 2.05) is 30.3 Å². The second-order valence-electron chi connectivity index (χ2n) is 4.94. The fourth-order valence-corrected chi connectivity index (χ4v) is 2.41. The maximum atomic E-state index is 11.4. The summed E-state index contributed by atoms with van der Waals surface area (Å²) >= 11 is 0. The van der Waals surface area contributed by atoms with E-state index in [4.69, 9.17) is 9.84 Å². The third-order valence-electron chi connectivity index (χ3n) is 3.45. The molecule has 1 aliphatic heterocycles. The van der Waals surface area contributed by atoms with E-state index in [-0.39, 0.29) is 24.5 Å². The van der Waals surface area contributed by atoms with Crippen LogP contribution < -0.4 is 5.32 Å². The molecule has 19 heavy (non-hydrogen) atoms. The van der Waals surface area contributed by atoms with Gasteiger partial charge >= 0.3 is 0 Å². The summed E-state index contributed by atoms with van der Waals surface area (Å²) in [5.74, 6) is -0.132. The van der Waals surface area contributed by atoms with E-state index < -0.39 is 0 Å². The first-order chi connectivity index (χ1) is 9.29. The molecule has 4 heteroatoms. The van der Waals surface area contributed by atoms with Crippen LogP contribution in [0.1, 0.15) is 24.8 Å². The molecule has 0 radical (unpaired) electrons. The normalized spacial score (nSPS) is 23.2. The van der Waals surface area contributed by atoms with E-state index in [9.17, 15) is 4.79 Å². The topological polar surface area (TPSA) is 58.6 Å². The van der Waals surface area contributed by atoms with Gasteiger partial charge in [0.1, 0.15) is 6.61 Å². The number of aliphatic hydroxyl groups is 1. The lowest BCUT2D eigenvalue weighted by molar-refractivity contribution is -0.123. The number of carbonyl (C=O) groups is 1. The van der Waals surface area contributed by atoms with Gasteiger partial charge in [-0.2, -0.15) is 0 Å². The molecular formula is C15H21NO3. The second-order valence-corrected chi connectivity index (χ2v) is 4.94. The van der Waals surface area contributed by atoms with Crippen LogP contribution in [0.25, 0.3) is 0 Å². The van der Waals surface area contributed by atoms with Gasteiger partial charge in [-0.05, 0) is 24.9 Å². The van der Waals surface area contributed by atoms with Crippen molar-refractivity contribution in [2.24, 2.45) is 0 Å². The molecule has 2 rings (SSSR count). The summed E-state index contributed by atoms with van der Waals surface area (Å²) < 4.78 is 5.93. The first-order valence-corrected chi connectivity index (χ1v) is 6.81. The van der Waals surface area contributed by atoms with Crippen LogP contribution in [0.2, 0.25) is 0 Å². The molecule has 104 valence electrons. The lowest BCUT2D eigenvalue weighted by Gasteiger charge is -2.32. The molecule has 0 bridgehead atoms. The number of rotatable bonds is 6. The summed E-state index contributed by atoms with van der Waals surface area (Å²) in [4.78, 5) is 11.4. The van der Waals surface area contributed by atoms with Gasteiger partial charge in [0.05, 0.1) is 12.7 Å². The smallest absolute Gasteiger partial charge is 0.159 e. The van der Waals surface area contributed by atoms with E-state index >= 15 is 0 Å². The van der Waals surface area contributed by atoms with Crippen molar-refractivity contribution < 1.29 is 14.6 Å². The third kappa shape index (κ3) is 4.42. The monoisotopic (exact) mass is 263 g/mol. The van der Waals surface area contributed by atoms with Crippen molar-refractivity contribution in [3.63, 3.8) is 0 Å². The van der Waals surface area contributed by atoms with Crippen LogP contribution in [0.15, 0.2) is 30.3 Å². The minimum Gasteiger partial charge on any atom is -0.389 e. The summed E-state index contributed by atoms with van der Waals surface area (Å²) in [5, 5.41) is 12.2. The SMILES string of the molecule is O=C(CO)C[C@@H]1NCCC[C@H]1OCc1ccccc1. The fourth-order valence-electron chi connectivity index (χ4n) is 2.41. The van der Waals surface area contributed by atoms with Gasteiger partial charge in [0.15, 0.2) is 5.78 Å². The number of hydrogen-bond acceptors (Lipinski definition) is 4. The summed E-state index contributed by atoms with van der Waals surface area (Å²) in [7, 11) is 0. The zero-order valence-electron chi connectivity index (χ0n) is 11.0. The van der Waals surface area contributed by atoms with Crippen LogP contribution >= 0.6 is 0 Å². The number of aliphatic hydroxyl groups excluding tert-OH is 1. The molecule has 1 heterocycles. The minimum atomic E-state index is -0.385. The van der Waals surface area contributed by atoms with Gasteiger partial charge in [-0.1, -0.05) is 30.3 Å². The number of nitrogens with one attached hydrogen (secondary N) is 1. The highest BCUT2D eigenvalue weighted by molar-refractivity contribution is 5.80. The van der Waals surface area contributed by atoms with Crippen molar-refractivity contribution in [3.05, 3.63) is 35.9 Å². The molecule has 0 amide bonds. The number of benzene rings is 1. The van der Waals surface area contributed by atoms with Crippen molar-refractivity contribution in [3.8, 4) is 0 Å². The van der Waals surface area contributed by atoms with Crippen LogP contribution in [-0.2, 0) is 16.1 Å². The Labute approximate surface area is 113 Å². The van der Waals surface area contributed by atoms with Crippen molar-refractivity contribution in [1.82, 2.24) is 5.32 Å². The first-order valence-electron chi connectivity index (χ1n) is 6.81. The highest BCUT2D eigenvalue weighted by Crippen LogP contribution is 2.17. The highest BCUT2D eigenvalue weighted by Gasteiger charge is 2.27. The standard InChI is InChI=1S/C15H21NO3/c17-10-13(18)9-14-15(7-4-8-16-14)19-11-12-5-2-1-3-6-12/h1-3,5-6,14-17H,4,7-11H2/t14-,15+/m0/s1. The zero-order valence-corrected chi connectivity index (χ0v) is 11.0. The lowest BCUT2D eigenvalue weighted by Crippen LogP contribution is -2.47. The molecule has 1 fully saturated rings. The zero-order chi connectivity index (χ0) is 13.5. The van der Waals surface area contributed by atoms with E-state index in [0.29, 0.717) is 13.0 Å². The van der Waals surface area contributed by atoms with Crippen LogP contribution in [0.4, 0.5) is 0 Å². The average Bonchev–Trinajstić information content (AvgIpc) is 2.47. The minimum absolute atomic E-state index is 0.0251. The number of ketones is 1. The van der Waals surface area contributed by atoms with Crippen LogP contribution in [0.5, 0.6) is 0 Å². The Kier molecular flexibility index (Phi) is 5.51. The van der Waals surface area contributed by atoms with Crippen LogP contribution in [-0.4, -0.2) is 36.2 Å². The van der Waals surface area contributed by atoms with Gasteiger partial charge in [-0.25, -0.2) is 0 Å². The molecule has 4 nitrogen and oxygen atoms in total. The second kappa shape index (κ2) is 7.38. The molecular weight excluding hydrogens is 242 g/mol. The predicted molar refractivity (Wildman–Crippen MR) is 72.8 cm³/mol. The Morgan fingerprint density at radius 1 is 1.37 bits per heavy atom. The van der Waals surface area contributed by atoms with Crippen LogP contribution in [0.3, 0.4) is 0 Å². The molecule has 1 aromatic carbocycles. The largest absolute Gasteiger partial charge is 0.389 e. The number of piperidine rings is 1. The Bertz CT molecular complexity index is 394. The predicted octanol–water partition coefficient (Wildman–Crippen LogP) is 1.28. The van der Waals surface area contributed by atoms with E-state index in [0.717, 1.165) is 24.9 Å². The van der Waals surface area contributed by atoms with E-state index in [1.54, 1.807) is 0 Å². The van der Waals surface area contributed by atoms with E-state index in [1.165, 1.54) is 0 Å². The Balaban J connectivity index is 1.87. The Morgan fingerprint density at radius 3 is 2.89 bits per heavy atom. The number of hydrogen-bond donors (Lipinski definition) is 2. The number of carbonyl (C=O) groups excluding carboxylic acids is 1. The van der Waals surface area contributed by atoms with Crippen molar-refractivity contribution in [2.45, 2.75) is 38.0 Å². The fraction of sp³-hybridized carbons (Fsp3) is 0.533. The third-order valence-corrected chi connectivity index (χ3v) is 3.45. The van der Waals surface area contributed by atoms with Crippen molar-refractivity contribution in [1.29, 1.82) is 0 Å². The summed E-state index contributed by atoms with van der Waals surface area (Å²) in [6.07, 6.45) is 2.41. The van der Waals surface area contributed by atoms with E-state index in [2.05, 4.69) is 5.32 Å². The molecule has 2 atom stereocenters. The average molecular weight is 263 g/mol. The molecule has 0 aliphatic carbocycles. The molecule has 0 unspecified atom stereocenters. The molecule has 0 spiro atoms. The van der Waals surface area contributed by atoms with Crippen molar-refractivity contribution in [2.75, 3.05) is 13.2 Å². The quantitative estimate of drug-likeness (QED) is 0.811. The molecule has 1 saturated heterocycles. The van der Waals surface area contributed by atoms with Gasteiger partial charge < -0.3 is 15.2 Å². The van der Waals surface area contributed by atoms with Gasteiger partial charge in [-0.15, -0.1) is 0 Å². The lowest BCUT2D eigenvalue weighted by atomic mass is 9.96. The van der Waals surface area contributed by atoms with Gasteiger partial charge in [-0.3, -0.25) is 4.79 Å². The summed E-state index contributed by atoms with van der Waals surface area (Å²) in [5.41, 5.74) is 1.14. The molecule has 1 aliphatic rings. The first kappa shape index (κ1) is 14.2. The van der Waals surface area contributed by atoms with Crippen molar-refractivity contribution >= 4 is 5.78 Å². The highest BCUT2D eigenvalue weighted by atomic mass is 16.5. The molecule has 2 N–H and O–H groups in total. The Morgan fingerprint density at radius 2 is 2.16 bits per heavy atom. The summed E-state index contributed by atoms with van der Waals surface area (Å²) in [6, 6.07) is 10.1. The molecule has 1 aromatic rings. The maximum absolute atomic E-state index is 11.4. The Hall–Kier alpha value is -1.23.